The molecule has 4 nitrogen and oxygen atoms in total. The summed E-state index contributed by atoms with van der Waals surface area (Å²) < 4.78 is 0. The van der Waals surface area contributed by atoms with E-state index in [-0.39, 0.29) is 12.6 Å². The van der Waals surface area contributed by atoms with Crippen molar-refractivity contribution in [3.63, 3.8) is 0 Å². The maximum Gasteiger partial charge on any atom is 0.322 e. The van der Waals surface area contributed by atoms with Gasteiger partial charge in [-0.05, 0) is 56.2 Å². The van der Waals surface area contributed by atoms with Crippen molar-refractivity contribution < 1.29 is 9.90 Å². The number of carbonyl (C=O) groups excluding carboxylic acids is 1. The fourth-order valence-corrected chi connectivity index (χ4v) is 3.51. The molecule has 0 saturated carbocycles. The number of carbonyl (C=O) groups is 1. The molecule has 0 bridgehead atoms. The first kappa shape index (κ1) is 16.8. The first-order valence-electron chi connectivity index (χ1n) is 8.15. The second-order valence-electron chi connectivity index (χ2n) is 6.98. The van der Waals surface area contributed by atoms with E-state index in [0.29, 0.717) is 12.5 Å². The fourth-order valence-electron chi connectivity index (χ4n) is 3.51. The molecular weight excluding hydrogens is 276 g/mol. The highest BCUT2D eigenvalue weighted by molar-refractivity contribution is 5.91. The summed E-state index contributed by atoms with van der Waals surface area (Å²) in [5.41, 5.74) is 2.62. The number of hydrogen-bond donors (Lipinski definition) is 2. The van der Waals surface area contributed by atoms with Crippen LogP contribution in [0, 0.1) is 19.8 Å². The lowest BCUT2D eigenvalue weighted by Gasteiger charge is -2.38. The molecule has 0 radical (unpaired) electrons. The molecule has 4 heteroatoms. The van der Waals surface area contributed by atoms with E-state index in [2.05, 4.69) is 19.2 Å². The molecule has 0 aromatic heterocycles. The topological polar surface area (TPSA) is 52.6 Å². The first-order valence-corrected chi connectivity index (χ1v) is 8.15. The Morgan fingerprint density at radius 1 is 1.41 bits per heavy atom. The normalized spacial score (nSPS) is 21.5. The average Bonchev–Trinajstić information content (AvgIpc) is 2.86. The molecule has 1 atom stereocenters. The number of anilines is 1. The maximum atomic E-state index is 12.7. The molecule has 22 heavy (non-hydrogen) atoms. The van der Waals surface area contributed by atoms with E-state index in [0.717, 1.165) is 36.1 Å². The summed E-state index contributed by atoms with van der Waals surface area (Å²) >= 11 is 0. The molecule has 1 heterocycles. The van der Waals surface area contributed by atoms with Gasteiger partial charge in [-0.2, -0.15) is 0 Å². The molecule has 0 aliphatic carbocycles. The predicted molar refractivity (Wildman–Crippen MR) is 90.1 cm³/mol. The summed E-state index contributed by atoms with van der Waals surface area (Å²) in [4.78, 5) is 14.6. The number of urea groups is 1. The fraction of sp³-hybridized carbons (Fsp3) is 0.611. The summed E-state index contributed by atoms with van der Waals surface area (Å²) in [7, 11) is 0. The number of aryl methyl sites for hydroxylation is 2. The Morgan fingerprint density at radius 2 is 2.14 bits per heavy atom. The Hall–Kier alpha value is -1.55. The number of benzene rings is 1. The Balaban J connectivity index is 2.18. The van der Waals surface area contributed by atoms with Gasteiger partial charge in [0.1, 0.15) is 0 Å². The number of hydrogen-bond acceptors (Lipinski definition) is 2. The van der Waals surface area contributed by atoms with Gasteiger partial charge in [-0.3, -0.25) is 0 Å². The van der Waals surface area contributed by atoms with Crippen LogP contribution in [0.15, 0.2) is 18.2 Å². The lowest BCUT2D eigenvalue weighted by Crippen LogP contribution is -2.52. The van der Waals surface area contributed by atoms with E-state index >= 15 is 0 Å². The van der Waals surface area contributed by atoms with Crippen LogP contribution in [0.1, 0.15) is 44.2 Å². The van der Waals surface area contributed by atoms with Gasteiger partial charge in [0.25, 0.3) is 0 Å². The molecule has 0 unspecified atom stereocenters. The second-order valence-corrected chi connectivity index (χ2v) is 6.98. The summed E-state index contributed by atoms with van der Waals surface area (Å²) in [6, 6.07) is 5.95. The van der Waals surface area contributed by atoms with Crippen LogP contribution < -0.4 is 5.32 Å². The predicted octanol–water partition coefficient (Wildman–Crippen LogP) is 3.71. The molecule has 1 aliphatic rings. The highest BCUT2D eigenvalue weighted by atomic mass is 16.3. The molecule has 1 saturated heterocycles. The summed E-state index contributed by atoms with van der Waals surface area (Å²) in [6.45, 7) is 9.02. The van der Waals surface area contributed by atoms with E-state index in [9.17, 15) is 9.90 Å². The van der Waals surface area contributed by atoms with Gasteiger partial charge in [0, 0.05) is 12.2 Å². The number of aliphatic hydroxyl groups excluding tert-OH is 1. The van der Waals surface area contributed by atoms with Crippen molar-refractivity contribution in [1.82, 2.24) is 4.90 Å². The largest absolute Gasteiger partial charge is 0.394 e. The van der Waals surface area contributed by atoms with Crippen molar-refractivity contribution >= 4 is 11.7 Å². The zero-order valence-electron chi connectivity index (χ0n) is 14.1. The minimum atomic E-state index is -0.407. The first-order chi connectivity index (χ1) is 10.4. The van der Waals surface area contributed by atoms with Crippen LogP contribution in [0.3, 0.4) is 0 Å². The zero-order chi connectivity index (χ0) is 16.3. The van der Waals surface area contributed by atoms with Gasteiger partial charge in [-0.1, -0.05) is 26.0 Å². The van der Waals surface area contributed by atoms with Crippen LogP contribution in [-0.4, -0.2) is 34.7 Å². The number of amides is 2. The van der Waals surface area contributed by atoms with Crippen LogP contribution in [0.4, 0.5) is 10.5 Å². The molecule has 1 aromatic rings. The lowest BCUT2D eigenvalue weighted by molar-refractivity contribution is 0.0728. The van der Waals surface area contributed by atoms with E-state index in [1.807, 2.05) is 36.9 Å². The van der Waals surface area contributed by atoms with Crippen molar-refractivity contribution in [3.8, 4) is 0 Å². The van der Waals surface area contributed by atoms with Gasteiger partial charge >= 0.3 is 6.03 Å². The molecule has 1 aromatic carbocycles. The lowest BCUT2D eigenvalue weighted by atomic mass is 9.87. The van der Waals surface area contributed by atoms with Crippen LogP contribution in [-0.2, 0) is 0 Å². The van der Waals surface area contributed by atoms with Gasteiger partial charge in [0.15, 0.2) is 0 Å². The zero-order valence-corrected chi connectivity index (χ0v) is 14.1. The Bertz CT molecular complexity index is 542. The minimum Gasteiger partial charge on any atom is -0.394 e. The standard InChI is InChI=1S/C18H28N2O2/c1-13(2)11-18(12-21)8-5-9-20(18)17(22)19-16-10-14(3)6-7-15(16)4/h6-7,10,13,21H,5,8-9,11-12H2,1-4H3,(H,19,22)/t18-/m1/s1. The highest BCUT2D eigenvalue weighted by Gasteiger charge is 2.43. The third kappa shape index (κ3) is 3.43. The Kier molecular flexibility index (Phi) is 5.12. The van der Waals surface area contributed by atoms with E-state index in [4.69, 9.17) is 0 Å². The van der Waals surface area contributed by atoms with Crippen molar-refractivity contribution in [1.29, 1.82) is 0 Å². The number of likely N-dealkylation sites (tertiary alicyclic amines) is 1. The average molecular weight is 304 g/mol. The summed E-state index contributed by atoms with van der Waals surface area (Å²) in [5, 5.41) is 13.0. The van der Waals surface area contributed by atoms with Gasteiger partial charge in [-0.15, -0.1) is 0 Å². The van der Waals surface area contributed by atoms with Gasteiger partial charge in [0.2, 0.25) is 0 Å². The molecule has 1 aliphatic heterocycles. The SMILES string of the molecule is Cc1ccc(C)c(NC(=O)N2CCC[C@]2(CO)CC(C)C)c1. The molecule has 2 N–H and O–H groups in total. The van der Waals surface area contributed by atoms with Crippen molar-refractivity contribution in [2.45, 2.75) is 52.5 Å². The van der Waals surface area contributed by atoms with E-state index in [1.165, 1.54) is 0 Å². The van der Waals surface area contributed by atoms with E-state index in [1.54, 1.807) is 0 Å². The van der Waals surface area contributed by atoms with Crippen molar-refractivity contribution in [3.05, 3.63) is 29.3 Å². The third-order valence-corrected chi connectivity index (χ3v) is 4.56. The summed E-state index contributed by atoms with van der Waals surface area (Å²) in [5.74, 6) is 0.446. The number of nitrogens with one attached hydrogen (secondary N) is 1. The van der Waals surface area contributed by atoms with Crippen molar-refractivity contribution in [2.75, 3.05) is 18.5 Å². The Morgan fingerprint density at radius 3 is 2.77 bits per heavy atom. The molecule has 2 rings (SSSR count). The van der Waals surface area contributed by atoms with Gasteiger partial charge < -0.3 is 15.3 Å². The van der Waals surface area contributed by atoms with Crippen LogP contribution in [0.5, 0.6) is 0 Å². The third-order valence-electron chi connectivity index (χ3n) is 4.56. The smallest absolute Gasteiger partial charge is 0.322 e. The van der Waals surface area contributed by atoms with Gasteiger partial charge in [-0.25, -0.2) is 4.79 Å². The molecular formula is C18H28N2O2. The molecule has 2 amide bonds. The minimum absolute atomic E-state index is 0.0331. The second kappa shape index (κ2) is 6.69. The Labute approximate surface area is 133 Å². The highest BCUT2D eigenvalue weighted by Crippen LogP contribution is 2.35. The van der Waals surface area contributed by atoms with Crippen molar-refractivity contribution in [2.24, 2.45) is 5.92 Å². The number of nitrogens with zero attached hydrogens (tertiary/aromatic N) is 1. The molecule has 122 valence electrons. The number of rotatable bonds is 4. The van der Waals surface area contributed by atoms with Crippen LogP contribution in [0.2, 0.25) is 0 Å². The van der Waals surface area contributed by atoms with Gasteiger partial charge in [0.05, 0.1) is 12.1 Å². The van der Waals surface area contributed by atoms with Crippen LogP contribution >= 0.6 is 0 Å². The van der Waals surface area contributed by atoms with Crippen LogP contribution in [0.25, 0.3) is 0 Å². The quantitative estimate of drug-likeness (QED) is 0.891. The molecule has 1 fully saturated rings. The maximum absolute atomic E-state index is 12.7. The monoisotopic (exact) mass is 304 g/mol. The summed E-state index contributed by atoms with van der Waals surface area (Å²) in [6.07, 6.45) is 2.67. The number of aliphatic hydroxyl groups is 1. The molecule has 0 spiro atoms. The van der Waals surface area contributed by atoms with E-state index < -0.39 is 5.54 Å².